The van der Waals surface area contributed by atoms with Crippen molar-refractivity contribution < 1.29 is 14.1 Å². The van der Waals surface area contributed by atoms with Crippen molar-refractivity contribution in [3.05, 3.63) is 84.1 Å². The van der Waals surface area contributed by atoms with Gasteiger partial charge >= 0.3 is 0 Å². The average molecular weight is 401 g/mol. The number of carbonyl (C=O) groups excluding carboxylic acids is 1. The molecule has 0 saturated heterocycles. The lowest BCUT2D eigenvalue weighted by Gasteiger charge is -2.10. The molecule has 1 amide bonds. The lowest BCUT2D eigenvalue weighted by atomic mass is 10.1. The van der Waals surface area contributed by atoms with Gasteiger partial charge in [0.2, 0.25) is 17.6 Å². The van der Waals surface area contributed by atoms with E-state index in [4.69, 9.17) is 9.26 Å². The number of nitrogens with zero attached hydrogens (tertiary/aromatic N) is 4. The van der Waals surface area contributed by atoms with Gasteiger partial charge in [0, 0.05) is 35.9 Å². The zero-order valence-electron chi connectivity index (χ0n) is 16.3. The molecule has 0 unspecified atom stereocenters. The maximum Gasteiger partial charge on any atom is 0.257 e. The molecule has 3 heterocycles. The molecule has 4 rings (SSSR count). The summed E-state index contributed by atoms with van der Waals surface area (Å²) in [5.41, 5.74) is 2.78. The molecule has 0 bridgehead atoms. The molecule has 0 radical (unpaired) electrons. The van der Waals surface area contributed by atoms with Crippen LogP contribution in [0.4, 0.5) is 5.69 Å². The number of hydrogen-bond acceptors (Lipinski definition) is 7. The molecule has 3 aromatic heterocycles. The van der Waals surface area contributed by atoms with Crippen molar-refractivity contribution in [3.8, 4) is 17.3 Å². The molecule has 1 N–H and O–H groups in total. The summed E-state index contributed by atoms with van der Waals surface area (Å²) in [6, 6.07) is 14.5. The summed E-state index contributed by atoms with van der Waals surface area (Å²) in [5.74, 6) is 1.16. The molecule has 0 atom stereocenters. The molecule has 0 aliphatic rings. The van der Waals surface area contributed by atoms with Gasteiger partial charge in [-0.1, -0.05) is 23.4 Å². The van der Waals surface area contributed by atoms with Crippen LogP contribution in [0.25, 0.3) is 11.4 Å². The summed E-state index contributed by atoms with van der Waals surface area (Å²) in [7, 11) is 0. The van der Waals surface area contributed by atoms with Crippen molar-refractivity contribution in [2.24, 2.45) is 0 Å². The smallest absolute Gasteiger partial charge is 0.257 e. The number of ether oxygens (including phenoxy) is 1. The van der Waals surface area contributed by atoms with Gasteiger partial charge < -0.3 is 14.6 Å². The van der Waals surface area contributed by atoms with Crippen LogP contribution < -0.4 is 10.1 Å². The SMILES string of the molecule is CCOc1ccc(C(=O)Nc2ccccc2Cc2nc(-c3ccncc3)no2)cn1. The lowest BCUT2D eigenvalue weighted by Crippen LogP contribution is -2.14. The summed E-state index contributed by atoms with van der Waals surface area (Å²) in [4.78, 5) is 25.2. The Morgan fingerprint density at radius 3 is 2.70 bits per heavy atom. The predicted octanol–water partition coefficient (Wildman–Crippen LogP) is 3.77. The first-order valence-corrected chi connectivity index (χ1v) is 9.44. The van der Waals surface area contributed by atoms with Crippen LogP contribution >= 0.6 is 0 Å². The van der Waals surface area contributed by atoms with Crippen molar-refractivity contribution >= 4 is 11.6 Å². The number of pyridine rings is 2. The number of benzene rings is 1. The van der Waals surface area contributed by atoms with Crippen LogP contribution in [0.1, 0.15) is 28.7 Å². The third-order valence-electron chi connectivity index (χ3n) is 4.30. The van der Waals surface area contributed by atoms with Gasteiger partial charge in [-0.2, -0.15) is 4.98 Å². The maximum atomic E-state index is 12.6. The van der Waals surface area contributed by atoms with Crippen LogP contribution in [0.2, 0.25) is 0 Å². The summed E-state index contributed by atoms with van der Waals surface area (Å²) in [6.45, 7) is 2.40. The second-order valence-electron chi connectivity index (χ2n) is 6.35. The third kappa shape index (κ3) is 4.49. The Labute approximate surface area is 173 Å². The fourth-order valence-corrected chi connectivity index (χ4v) is 2.85. The van der Waals surface area contributed by atoms with Crippen molar-refractivity contribution in [1.82, 2.24) is 20.1 Å². The quantitative estimate of drug-likeness (QED) is 0.503. The minimum absolute atomic E-state index is 0.263. The molecular weight excluding hydrogens is 382 g/mol. The molecule has 0 fully saturated rings. The second-order valence-corrected chi connectivity index (χ2v) is 6.35. The highest BCUT2D eigenvalue weighted by Gasteiger charge is 2.14. The maximum absolute atomic E-state index is 12.6. The normalized spacial score (nSPS) is 10.6. The van der Waals surface area contributed by atoms with Crippen LogP contribution in [0.15, 0.2) is 71.6 Å². The van der Waals surface area contributed by atoms with Gasteiger partial charge in [-0.3, -0.25) is 9.78 Å². The minimum atomic E-state index is -0.263. The molecular formula is C22H19N5O3. The summed E-state index contributed by atoms with van der Waals surface area (Å²) < 4.78 is 10.7. The summed E-state index contributed by atoms with van der Waals surface area (Å²) >= 11 is 0. The van der Waals surface area contributed by atoms with Gasteiger partial charge in [0.05, 0.1) is 18.6 Å². The van der Waals surface area contributed by atoms with Crippen LogP contribution in [0, 0.1) is 0 Å². The van der Waals surface area contributed by atoms with E-state index in [0.717, 1.165) is 11.1 Å². The molecule has 0 aliphatic heterocycles. The van der Waals surface area contributed by atoms with E-state index < -0.39 is 0 Å². The van der Waals surface area contributed by atoms with Gasteiger partial charge in [0.15, 0.2) is 0 Å². The number of amides is 1. The Balaban J connectivity index is 1.49. The summed E-state index contributed by atoms with van der Waals surface area (Å²) in [5, 5.41) is 6.94. The van der Waals surface area contributed by atoms with E-state index in [0.29, 0.717) is 41.9 Å². The first-order chi connectivity index (χ1) is 14.7. The Hall–Kier alpha value is -4.07. The minimum Gasteiger partial charge on any atom is -0.478 e. The summed E-state index contributed by atoms with van der Waals surface area (Å²) in [6.07, 6.45) is 5.22. The zero-order chi connectivity index (χ0) is 20.8. The highest BCUT2D eigenvalue weighted by Crippen LogP contribution is 2.21. The topological polar surface area (TPSA) is 103 Å². The standard InChI is InChI=1S/C22H19N5O3/c1-2-29-19-8-7-17(14-24-19)22(28)25-18-6-4-3-5-16(18)13-20-26-21(27-30-20)15-9-11-23-12-10-15/h3-12,14H,2,13H2,1H3,(H,25,28). The van der Waals surface area contributed by atoms with Crippen LogP contribution in [0.3, 0.4) is 0 Å². The average Bonchev–Trinajstić information content (AvgIpc) is 3.25. The Morgan fingerprint density at radius 1 is 1.10 bits per heavy atom. The van der Waals surface area contributed by atoms with Gasteiger partial charge in [-0.15, -0.1) is 0 Å². The van der Waals surface area contributed by atoms with Crippen molar-refractivity contribution in [1.29, 1.82) is 0 Å². The monoisotopic (exact) mass is 401 g/mol. The van der Waals surface area contributed by atoms with Crippen LogP contribution in [0.5, 0.6) is 5.88 Å². The molecule has 8 nitrogen and oxygen atoms in total. The van der Waals surface area contributed by atoms with Gasteiger partial charge in [-0.05, 0) is 36.8 Å². The largest absolute Gasteiger partial charge is 0.478 e. The highest BCUT2D eigenvalue weighted by atomic mass is 16.5. The number of hydrogen-bond donors (Lipinski definition) is 1. The van der Waals surface area contributed by atoms with E-state index in [-0.39, 0.29) is 5.91 Å². The number of anilines is 1. The molecule has 8 heteroatoms. The molecule has 150 valence electrons. The highest BCUT2D eigenvalue weighted by molar-refractivity contribution is 6.04. The van der Waals surface area contributed by atoms with Crippen LogP contribution in [-0.2, 0) is 6.42 Å². The molecule has 4 aromatic rings. The first kappa shape index (κ1) is 19.3. The molecule has 30 heavy (non-hydrogen) atoms. The Kier molecular flexibility index (Phi) is 5.75. The van der Waals surface area contributed by atoms with Crippen molar-refractivity contribution in [2.45, 2.75) is 13.3 Å². The fourth-order valence-electron chi connectivity index (χ4n) is 2.85. The van der Waals surface area contributed by atoms with Crippen LogP contribution in [-0.4, -0.2) is 32.6 Å². The van der Waals surface area contributed by atoms with E-state index in [1.54, 1.807) is 24.5 Å². The van der Waals surface area contributed by atoms with E-state index >= 15 is 0 Å². The van der Waals surface area contributed by atoms with E-state index in [1.807, 2.05) is 43.3 Å². The van der Waals surface area contributed by atoms with E-state index in [9.17, 15) is 4.79 Å². The molecule has 0 spiro atoms. The zero-order valence-corrected chi connectivity index (χ0v) is 16.3. The Bertz CT molecular complexity index is 1130. The Morgan fingerprint density at radius 2 is 1.93 bits per heavy atom. The predicted molar refractivity (Wildman–Crippen MR) is 110 cm³/mol. The second kappa shape index (κ2) is 8.95. The molecule has 1 aromatic carbocycles. The fraction of sp³-hybridized carbons (Fsp3) is 0.136. The number of aromatic nitrogens is 4. The third-order valence-corrected chi connectivity index (χ3v) is 4.30. The van der Waals surface area contributed by atoms with E-state index in [1.165, 1.54) is 6.20 Å². The number of carbonyl (C=O) groups is 1. The van der Waals surface area contributed by atoms with Gasteiger partial charge in [-0.25, -0.2) is 4.98 Å². The van der Waals surface area contributed by atoms with Gasteiger partial charge in [0.1, 0.15) is 0 Å². The van der Waals surface area contributed by atoms with Crippen molar-refractivity contribution in [3.63, 3.8) is 0 Å². The van der Waals surface area contributed by atoms with Gasteiger partial charge in [0.25, 0.3) is 5.91 Å². The van der Waals surface area contributed by atoms with E-state index in [2.05, 4.69) is 25.4 Å². The molecule has 0 saturated carbocycles. The first-order valence-electron chi connectivity index (χ1n) is 9.44. The lowest BCUT2D eigenvalue weighted by molar-refractivity contribution is 0.102. The molecule has 0 aliphatic carbocycles. The van der Waals surface area contributed by atoms with Crippen molar-refractivity contribution in [2.75, 3.05) is 11.9 Å². The number of rotatable bonds is 7. The number of nitrogens with one attached hydrogen (secondary N) is 1. The number of para-hydroxylation sites is 1.